The summed E-state index contributed by atoms with van der Waals surface area (Å²) in [6.45, 7) is 4.20. The molecule has 0 aliphatic rings. The van der Waals surface area contributed by atoms with Gasteiger partial charge in [-0.25, -0.2) is 4.79 Å². The maximum Gasteiger partial charge on any atom is 0.335 e. The number of hydrazone groups is 1. The number of anilines is 1. The Labute approximate surface area is 118 Å². The van der Waals surface area contributed by atoms with Crippen LogP contribution in [0.15, 0.2) is 23.3 Å². The summed E-state index contributed by atoms with van der Waals surface area (Å²) in [5.41, 5.74) is 4.65. The minimum Gasteiger partial charge on any atom is -0.478 e. The third-order valence-electron chi connectivity index (χ3n) is 2.62. The Morgan fingerprint density at radius 3 is 2.47 bits per heavy atom. The number of nitrogens with zero attached hydrogens (tertiary/aromatic N) is 1. The summed E-state index contributed by atoms with van der Waals surface area (Å²) in [4.78, 5) is 10.9. The Hall–Kier alpha value is -1.55. The first kappa shape index (κ1) is 15.5. The monoisotopic (exact) mass is 282 g/mol. The van der Waals surface area contributed by atoms with E-state index in [0.29, 0.717) is 10.7 Å². The average Bonchev–Trinajstić information content (AvgIpc) is 2.37. The number of carboxylic acids is 1. The van der Waals surface area contributed by atoms with Gasteiger partial charge < -0.3 is 5.11 Å². The minimum absolute atomic E-state index is 0.189. The number of hydrogen-bond donors (Lipinski definition) is 2. The first-order valence-corrected chi connectivity index (χ1v) is 6.80. The summed E-state index contributed by atoms with van der Waals surface area (Å²) in [6.07, 6.45) is 3.92. The van der Waals surface area contributed by atoms with Crippen LogP contribution in [0.1, 0.15) is 49.9 Å². The van der Waals surface area contributed by atoms with Crippen molar-refractivity contribution in [2.24, 2.45) is 5.10 Å². The predicted octanol–water partition coefficient (Wildman–Crippen LogP) is 4.41. The lowest BCUT2D eigenvalue weighted by molar-refractivity contribution is 0.0697. The van der Waals surface area contributed by atoms with Gasteiger partial charge in [-0.05, 0) is 31.0 Å². The lowest BCUT2D eigenvalue weighted by Crippen LogP contribution is -2.03. The summed E-state index contributed by atoms with van der Waals surface area (Å²) in [7, 11) is 0. The van der Waals surface area contributed by atoms with E-state index in [0.717, 1.165) is 31.4 Å². The topological polar surface area (TPSA) is 61.7 Å². The SMILES string of the molecule is CCCC(CCC)=NNc1cc(C(=O)O)ccc1Cl. The number of rotatable bonds is 7. The molecule has 0 saturated heterocycles. The molecule has 0 atom stereocenters. The van der Waals surface area contributed by atoms with Crippen LogP contribution in [0.2, 0.25) is 5.02 Å². The highest BCUT2D eigenvalue weighted by atomic mass is 35.5. The van der Waals surface area contributed by atoms with Crippen LogP contribution in [0.3, 0.4) is 0 Å². The number of carbonyl (C=O) groups is 1. The molecule has 19 heavy (non-hydrogen) atoms. The van der Waals surface area contributed by atoms with Crippen molar-refractivity contribution in [1.29, 1.82) is 0 Å². The number of nitrogens with one attached hydrogen (secondary N) is 1. The van der Waals surface area contributed by atoms with Crippen LogP contribution in [0, 0.1) is 0 Å². The van der Waals surface area contributed by atoms with Crippen LogP contribution < -0.4 is 5.43 Å². The predicted molar refractivity (Wildman–Crippen MR) is 79.3 cm³/mol. The molecule has 1 aromatic rings. The fourth-order valence-corrected chi connectivity index (χ4v) is 1.86. The van der Waals surface area contributed by atoms with Crippen LogP contribution in [-0.4, -0.2) is 16.8 Å². The van der Waals surface area contributed by atoms with Gasteiger partial charge in [0.05, 0.1) is 16.3 Å². The molecule has 0 radical (unpaired) electrons. The molecule has 2 N–H and O–H groups in total. The van der Waals surface area contributed by atoms with E-state index in [9.17, 15) is 4.79 Å². The van der Waals surface area contributed by atoms with Crippen molar-refractivity contribution in [3.05, 3.63) is 28.8 Å². The molecular formula is C14H19ClN2O2. The van der Waals surface area contributed by atoms with Gasteiger partial charge in [0, 0.05) is 5.71 Å². The number of benzene rings is 1. The summed E-state index contributed by atoms with van der Waals surface area (Å²) in [6, 6.07) is 4.52. The second kappa shape index (κ2) is 7.79. The van der Waals surface area contributed by atoms with E-state index in [4.69, 9.17) is 16.7 Å². The van der Waals surface area contributed by atoms with Gasteiger partial charge in [0.15, 0.2) is 0 Å². The molecule has 0 spiro atoms. The van der Waals surface area contributed by atoms with Gasteiger partial charge in [0.1, 0.15) is 0 Å². The maximum absolute atomic E-state index is 10.9. The molecular weight excluding hydrogens is 264 g/mol. The van der Waals surface area contributed by atoms with E-state index >= 15 is 0 Å². The van der Waals surface area contributed by atoms with Crippen LogP contribution >= 0.6 is 11.6 Å². The smallest absolute Gasteiger partial charge is 0.335 e. The van der Waals surface area contributed by atoms with Crippen LogP contribution in [0.25, 0.3) is 0 Å². The van der Waals surface area contributed by atoms with Gasteiger partial charge in [-0.15, -0.1) is 0 Å². The van der Waals surface area contributed by atoms with Crippen molar-refractivity contribution in [3.8, 4) is 0 Å². The zero-order valence-corrected chi connectivity index (χ0v) is 12.0. The van der Waals surface area contributed by atoms with Crippen LogP contribution in [0.5, 0.6) is 0 Å². The maximum atomic E-state index is 10.9. The lowest BCUT2D eigenvalue weighted by Gasteiger charge is -2.08. The van der Waals surface area contributed by atoms with Gasteiger partial charge in [-0.3, -0.25) is 5.43 Å². The Balaban J connectivity index is 2.88. The highest BCUT2D eigenvalue weighted by Crippen LogP contribution is 2.23. The van der Waals surface area contributed by atoms with Gasteiger partial charge in [0.2, 0.25) is 0 Å². The summed E-state index contributed by atoms with van der Waals surface area (Å²) < 4.78 is 0. The van der Waals surface area contributed by atoms with Gasteiger partial charge >= 0.3 is 5.97 Å². The second-order valence-corrected chi connectivity index (χ2v) is 4.70. The third-order valence-corrected chi connectivity index (χ3v) is 2.95. The average molecular weight is 283 g/mol. The van der Waals surface area contributed by atoms with Crippen LogP contribution in [0.4, 0.5) is 5.69 Å². The first-order valence-electron chi connectivity index (χ1n) is 6.42. The normalized spacial score (nSPS) is 10.1. The van der Waals surface area contributed by atoms with Crippen molar-refractivity contribution in [2.45, 2.75) is 39.5 Å². The second-order valence-electron chi connectivity index (χ2n) is 4.29. The Bertz CT molecular complexity index is 465. The van der Waals surface area contributed by atoms with Crippen molar-refractivity contribution in [3.63, 3.8) is 0 Å². The fraction of sp³-hybridized carbons (Fsp3) is 0.429. The zero-order chi connectivity index (χ0) is 14.3. The van der Waals surface area contributed by atoms with E-state index in [2.05, 4.69) is 24.4 Å². The van der Waals surface area contributed by atoms with E-state index < -0.39 is 5.97 Å². The van der Waals surface area contributed by atoms with Gasteiger partial charge in [-0.2, -0.15) is 5.10 Å². The Morgan fingerprint density at radius 1 is 1.32 bits per heavy atom. The Kier molecular flexibility index (Phi) is 6.36. The number of carboxylic acid groups (broad SMARTS) is 1. The molecule has 0 aliphatic heterocycles. The summed E-state index contributed by atoms with van der Waals surface area (Å²) >= 11 is 6.01. The molecule has 5 heteroatoms. The van der Waals surface area contributed by atoms with Crippen LogP contribution in [-0.2, 0) is 0 Å². The number of aromatic carboxylic acids is 1. The summed E-state index contributed by atoms with van der Waals surface area (Å²) in [5.74, 6) is -0.981. The molecule has 4 nitrogen and oxygen atoms in total. The number of hydrogen-bond acceptors (Lipinski definition) is 3. The van der Waals surface area contributed by atoms with E-state index in [-0.39, 0.29) is 5.56 Å². The zero-order valence-electron chi connectivity index (χ0n) is 11.2. The number of halogens is 1. The quantitative estimate of drug-likeness (QED) is 0.575. The highest BCUT2D eigenvalue weighted by molar-refractivity contribution is 6.33. The standard InChI is InChI=1S/C14H19ClN2O2/c1-3-5-11(6-4-2)16-17-13-9-10(14(18)19)7-8-12(13)15/h7-9,17H,3-6H2,1-2H3,(H,18,19). The molecule has 0 heterocycles. The van der Waals surface area contributed by atoms with Crippen molar-refractivity contribution in [2.75, 3.05) is 5.43 Å². The van der Waals surface area contributed by atoms with E-state index in [1.165, 1.54) is 12.1 Å². The van der Waals surface area contributed by atoms with Crippen molar-refractivity contribution < 1.29 is 9.90 Å². The lowest BCUT2D eigenvalue weighted by atomic mass is 10.1. The Morgan fingerprint density at radius 2 is 1.95 bits per heavy atom. The van der Waals surface area contributed by atoms with Crippen molar-refractivity contribution >= 4 is 29.0 Å². The molecule has 0 unspecified atom stereocenters. The largest absolute Gasteiger partial charge is 0.478 e. The first-order chi connectivity index (χ1) is 9.08. The van der Waals surface area contributed by atoms with Crippen molar-refractivity contribution in [1.82, 2.24) is 0 Å². The molecule has 0 bridgehead atoms. The minimum atomic E-state index is -0.981. The molecule has 1 aromatic carbocycles. The van der Waals surface area contributed by atoms with E-state index in [1.807, 2.05) is 0 Å². The molecule has 0 saturated carbocycles. The third kappa shape index (κ3) is 4.91. The fourth-order valence-electron chi connectivity index (χ4n) is 1.70. The molecule has 1 rings (SSSR count). The highest BCUT2D eigenvalue weighted by Gasteiger charge is 2.07. The molecule has 0 aromatic heterocycles. The van der Waals surface area contributed by atoms with E-state index in [1.54, 1.807) is 6.07 Å². The molecule has 0 amide bonds. The molecule has 104 valence electrons. The molecule has 0 aliphatic carbocycles. The molecule has 0 fully saturated rings. The van der Waals surface area contributed by atoms with Gasteiger partial charge in [-0.1, -0.05) is 38.3 Å². The summed E-state index contributed by atoms with van der Waals surface area (Å²) in [5, 5.41) is 13.7. The van der Waals surface area contributed by atoms with Gasteiger partial charge in [0.25, 0.3) is 0 Å².